The molecule has 1 aromatic heterocycles. The van der Waals surface area contributed by atoms with Crippen molar-refractivity contribution in [2.45, 2.75) is 23.7 Å². The minimum atomic E-state index is -0.662. The van der Waals surface area contributed by atoms with Gasteiger partial charge in [-0.25, -0.2) is 9.48 Å². The summed E-state index contributed by atoms with van der Waals surface area (Å²) in [6.45, 7) is 0. The molecule has 2 rings (SSSR count). The highest BCUT2D eigenvalue weighted by atomic mass is 79.9. The number of nitrogens with zero attached hydrogens (tertiary/aromatic N) is 3. The fourth-order valence-electron chi connectivity index (χ4n) is 2.21. The Hall–Kier alpha value is -2.22. The second kappa shape index (κ2) is 8.58. The molecule has 0 bridgehead atoms. The zero-order valence-corrected chi connectivity index (χ0v) is 15.0. The van der Waals surface area contributed by atoms with Crippen LogP contribution in [0.25, 0.3) is 11.3 Å². The number of methoxy groups -OCH3 is 2. The molecule has 0 radical (unpaired) electrons. The first-order valence-electron chi connectivity index (χ1n) is 7.33. The van der Waals surface area contributed by atoms with Crippen LogP contribution in [-0.2, 0) is 19.1 Å². The molecule has 1 aromatic carbocycles. The number of carbonyl (C=O) groups excluding carboxylic acids is 2. The van der Waals surface area contributed by atoms with E-state index in [1.165, 1.54) is 18.9 Å². The quantitative estimate of drug-likeness (QED) is 0.528. The van der Waals surface area contributed by atoms with Gasteiger partial charge < -0.3 is 9.47 Å². The Kier molecular flexibility index (Phi) is 6.48. The van der Waals surface area contributed by atoms with Gasteiger partial charge in [0.1, 0.15) is 10.5 Å². The molecule has 0 aliphatic heterocycles. The maximum Gasteiger partial charge on any atom is 0.330 e. The lowest BCUT2D eigenvalue weighted by molar-refractivity contribution is -0.146. The zero-order chi connectivity index (χ0) is 17.5. The van der Waals surface area contributed by atoms with Crippen LogP contribution in [0.5, 0.6) is 0 Å². The maximum atomic E-state index is 12.1. The number of rotatable bonds is 7. The van der Waals surface area contributed by atoms with Crippen molar-refractivity contribution in [2.24, 2.45) is 0 Å². The molecule has 2 atom stereocenters. The lowest BCUT2D eigenvalue weighted by atomic mass is 10.1. The normalized spacial score (nSPS) is 13.1. The molecule has 0 fully saturated rings. The van der Waals surface area contributed by atoms with E-state index >= 15 is 0 Å². The maximum absolute atomic E-state index is 12.1. The van der Waals surface area contributed by atoms with E-state index in [4.69, 9.17) is 4.74 Å². The highest BCUT2D eigenvalue weighted by molar-refractivity contribution is 9.10. The Morgan fingerprint density at radius 1 is 1.12 bits per heavy atom. The van der Waals surface area contributed by atoms with Gasteiger partial charge in [0, 0.05) is 5.56 Å². The number of benzene rings is 1. The summed E-state index contributed by atoms with van der Waals surface area (Å²) >= 11 is 3.25. The van der Waals surface area contributed by atoms with Gasteiger partial charge in [0.2, 0.25) is 0 Å². The van der Waals surface area contributed by atoms with Crippen LogP contribution in [0.3, 0.4) is 0 Å². The van der Waals surface area contributed by atoms with Crippen molar-refractivity contribution < 1.29 is 19.1 Å². The number of hydrogen-bond acceptors (Lipinski definition) is 6. The summed E-state index contributed by atoms with van der Waals surface area (Å²) in [7, 11) is 2.63. The molecule has 0 amide bonds. The highest BCUT2D eigenvalue weighted by Gasteiger charge is 2.26. The van der Waals surface area contributed by atoms with Crippen molar-refractivity contribution in [1.29, 1.82) is 0 Å². The minimum Gasteiger partial charge on any atom is -0.468 e. The van der Waals surface area contributed by atoms with Gasteiger partial charge in [0.25, 0.3) is 0 Å². The van der Waals surface area contributed by atoms with Crippen LogP contribution in [-0.4, -0.2) is 46.0 Å². The fraction of sp³-hybridized carbons (Fsp3) is 0.375. The number of hydrogen-bond donors (Lipinski definition) is 0. The third-order valence-electron chi connectivity index (χ3n) is 3.52. The Balaban J connectivity index is 2.15. The zero-order valence-electron chi connectivity index (χ0n) is 13.4. The predicted molar refractivity (Wildman–Crippen MR) is 90.5 cm³/mol. The van der Waals surface area contributed by atoms with E-state index in [1.807, 2.05) is 30.3 Å². The summed E-state index contributed by atoms with van der Waals surface area (Å²) in [5, 5.41) is 8.14. The summed E-state index contributed by atoms with van der Waals surface area (Å²) in [5.41, 5.74) is 1.56. The number of alkyl halides is 1. The van der Waals surface area contributed by atoms with E-state index < -0.39 is 16.8 Å². The van der Waals surface area contributed by atoms with Crippen molar-refractivity contribution in [3.05, 3.63) is 36.5 Å². The van der Waals surface area contributed by atoms with E-state index in [9.17, 15) is 9.59 Å². The molecule has 2 unspecified atom stereocenters. The molecule has 0 aliphatic carbocycles. The lowest BCUT2D eigenvalue weighted by Crippen LogP contribution is -2.24. The minimum absolute atomic E-state index is 0.356. The molecule has 2 aromatic rings. The molecule has 0 saturated carbocycles. The lowest BCUT2D eigenvalue weighted by Gasteiger charge is -2.15. The van der Waals surface area contributed by atoms with Crippen LogP contribution in [0.2, 0.25) is 0 Å². The Morgan fingerprint density at radius 3 is 2.42 bits per heavy atom. The summed E-state index contributed by atoms with van der Waals surface area (Å²) in [6.07, 6.45) is 2.44. The third kappa shape index (κ3) is 4.41. The fourth-order valence-corrected chi connectivity index (χ4v) is 2.67. The van der Waals surface area contributed by atoms with Gasteiger partial charge in [0.15, 0.2) is 6.04 Å². The molecule has 0 spiro atoms. The van der Waals surface area contributed by atoms with Gasteiger partial charge in [-0.3, -0.25) is 4.79 Å². The molecule has 0 aliphatic rings. The molecule has 0 saturated heterocycles. The monoisotopic (exact) mass is 395 g/mol. The van der Waals surface area contributed by atoms with Crippen LogP contribution in [0.15, 0.2) is 36.5 Å². The molecular formula is C16H18BrN3O4. The van der Waals surface area contributed by atoms with E-state index in [0.29, 0.717) is 18.5 Å². The van der Waals surface area contributed by atoms with Crippen LogP contribution in [0.1, 0.15) is 18.9 Å². The summed E-state index contributed by atoms with van der Waals surface area (Å²) in [5.74, 6) is -0.828. The van der Waals surface area contributed by atoms with Gasteiger partial charge in [-0.1, -0.05) is 51.5 Å². The summed E-state index contributed by atoms with van der Waals surface area (Å²) in [6, 6.07) is 8.87. The molecule has 0 N–H and O–H groups in total. The van der Waals surface area contributed by atoms with Crippen molar-refractivity contribution in [1.82, 2.24) is 15.0 Å². The van der Waals surface area contributed by atoms with Crippen LogP contribution >= 0.6 is 15.9 Å². The van der Waals surface area contributed by atoms with E-state index in [-0.39, 0.29) is 5.97 Å². The summed E-state index contributed by atoms with van der Waals surface area (Å²) < 4.78 is 11.0. The van der Waals surface area contributed by atoms with Crippen LogP contribution < -0.4 is 0 Å². The average molecular weight is 396 g/mol. The number of carbonyl (C=O) groups is 2. The standard InChI is InChI=1S/C16H18BrN3O4/c1-23-15(21)12(17)8-9-14(16(22)24-2)20-10-13(18-19-20)11-6-4-3-5-7-11/h3-7,10,12,14H,8-9H2,1-2H3. The van der Waals surface area contributed by atoms with Crippen LogP contribution in [0.4, 0.5) is 0 Å². The second-order valence-corrected chi connectivity index (χ2v) is 6.16. The average Bonchev–Trinajstić information content (AvgIpc) is 3.11. The SMILES string of the molecule is COC(=O)C(Br)CCC(C(=O)OC)n1cc(-c2ccccc2)nn1. The van der Waals surface area contributed by atoms with E-state index in [1.54, 1.807) is 6.20 Å². The Morgan fingerprint density at radius 2 is 1.79 bits per heavy atom. The first-order valence-corrected chi connectivity index (χ1v) is 8.25. The number of halogens is 1. The topological polar surface area (TPSA) is 83.3 Å². The van der Waals surface area contributed by atoms with Gasteiger partial charge in [-0.15, -0.1) is 5.10 Å². The Labute approximate surface area is 148 Å². The first-order chi connectivity index (χ1) is 11.6. The molecule has 128 valence electrons. The number of ether oxygens (including phenoxy) is 2. The molecule has 1 heterocycles. The number of esters is 2. The summed E-state index contributed by atoms with van der Waals surface area (Å²) in [4.78, 5) is 23.0. The molecular weight excluding hydrogens is 378 g/mol. The second-order valence-electron chi connectivity index (χ2n) is 5.06. The molecule has 7 nitrogen and oxygen atoms in total. The molecule has 8 heteroatoms. The van der Waals surface area contributed by atoms with Gasteiger partial charge in [-0.05, 0) is 12.8 Å². The van der Waals surface area contributed by atoms with Crippen molar-refractivity contribution in [2.75, 3.05) is 14.2 Å². The van der Waals surface area contributed by atoms with Crippen molar-refractivity contribution >= 4 is 27.9 Å². The van der Waals surface area contributed by atoms with Gasteiger partial charge in [-0.2, -0.15) is 0 Å². The van der Waals surface area contributed by atoms with Crippen LogP contribution in [0, 0.1) is 0 Å². The largest absolute Gasteiger partial charge is 0.468 e. The van der Waals surface area contributed by atoms with E-state index in [2.05, 4.69) is 31.0 Å². The Bertz CT molecular complexity index is 690. The predicted octanol–water partition coefficient (Wildman–Crippen LogP) is 2.38. The highest BCUT2D eigenvalue weighted by Crippen LogP contribution is 2.22. The van der Waals surface area contributed by atoms with E-state index in [0.717, 1.165) is 5.56 Å². The van der Waals surface area contributed by atoms with Gasteiger partial charge >= 0.3 is 11.9 Å². The van der Waals surface area contributed by atoms with Gasteiger partial charge in [0.05, 0.1) is 20.4 Å². The van der Waals surface area contributed by atoms with Crippen molar-refractivity contribution in [3.63, 3.8) is 0 Å². The van der Waals surface area contributed by atoms with Crippen molar-refractivity contribution in [3.8, 4) is 11.3 Å². The first kappa shape index (κ1) is 18.1. The smallest absolute Gasteiger partial charge is 0.330 e. The third-order valence-corrected chi connectivity index (χ3v) is 4.35. The molecule has 24 heavy (non-hydrogen) atoms. The number of aromatic nitrogens is 3.